The molecule has 0 bridgehead atoms. The van der Waals surface area contributed by atoms with Crippen LogP contribution < -0.4 is 10.5 Å². The first-order valence-electron chi connectivity index (χ1n) is 5.75. The molecule has 0 aromatic heterocycles. The molecule has 88 valence electrons. The van der Waals surface area contributed by atoms with Gasteiger partial charge < -0.3 is 10.5 Å². The second-order valence-corrected chi connectivity index (χ2v) is 4.01. The average Bonchev–Trinajstić information content (AvgIpc) is 2.34. The van der Waals surface area contributed by atoms with Crippen molar-refractivity contribution in [3.8, 4) is 5.75 Å². The zero-order valence-electron chi connectivity index (χ0n) is 9.99. The molecule has 2 heteroatoms. The maximum atomic E-state index is 5.99. The molecule has 1 aromatic rings. The van der Waals surface area contributed by atoms with Crippen LogP contribution in [0.15, 0.2) is 36.9 Å². The first-order chi connectivity index (χ1) is 7.76. The van der Waals surface area contributed by atoms with E-state index in [4.69, 9.17) is 10.5 Å². The Morgan fingerprint density at radius 3 is 2.56 bits per heavy atom. The minimum Gasteiger partial charge on any atom is -0.497 e. The van der Waals surface area contributed by atoms with E-state index in [1.807, 2.05) is 18.2 Å². The Bertz CT molecular complexity index is 305. The maximum absolute atomic E-state index is 5.99. The van der Waals surface area contributed by atoms with Crippen molar-refractivity contribution in [2.24, 2.45) is 5.73 Å². The fraction of sp³-hybridized carbons (Fsp3) is 0.429. The molecule has 2 nitrogen and oxygen atoms in total. The van der Waals surface area contributed by atoms with Crippen LogP contribution in [0.25, 0.3) is 0 Å². The van der Waals surface area contributed by atoms with Crippen molar-refractivity contribution in [1.29, 1.82) is 0 Å². The average molecular weight is 219 g/mol. The molecule has 0 heterocycles. The minimum atomic E-state index is 0.278. The van der Waals surface area contributed by atoms with Gasteiger partial charge in [0.05, 0.1) is 7.11 Å². The number of aryl methyl sites for hydroxylation is 1. The molecule has 0 spiro atoms. The van der Waals surface area contributed by atoms with Crippen molar-refractivity contribution in [1.82, 2.24) is 0 Å². The molecule has 0 aliphatic rings. The summed E-state index contributed by atoms with van der Waals surface area (Å²) in [6.07, 6.45) is 6.01. The van der Waals surface area contributed by atoms with Crippen LogP contribution in [0, 0.1) is 0 Å². The van der Waals surface area contributed by atoms with Crippen LogP contribution in [0.4, 0.5) is 0 Å². The maximum Gasteiger partial charge on any atom is 0.118 e. The summed E-state index contributed by atoms with van der Waals surface area (Å²) in [5.74, 6) is 0.903. The summed E-state index contributed by atoms with van der Waals surface area (Å²) in [6, 6.07) is 8.45. The predicted molar refractivity (Wildman–Crippen MR) is 68.7 cm³/mol. The summed E-state index contributed by atoms with van der Waals surface area (Å²) in [6.45, 7) is 3.70. The highest BCUT2D eigenvalue weighted by Crippen LogP contribution is 2.13. The summed E-state index contributed by atoms with van der Waals surface area (Å²) in [7, 11) is 1.68. The van der Waals surface area contributed by atoms with E-state index in [1.165, 1.54) is 5.56 Å². The van der Waals surface area contributed by atoms with Gasteiger partial charge in [-0.1, -0.05) is 18.2 Å². The predicted octanol–water partition coefficient (Wildman–Crippen LogP) is 2.92. The van der Waals surface area contributed by atoms with Gasteiger partial charge in [-0.2, -0.15) is 0 Å². The lowest BCUT2D eigenvalue weighted by Gasteiger charge is -2.10. The molecule has 0 fully saturated rings. The van der Waals surface area contributed by atoms with Crippen LogP contribution in [-0.2, 0) is 6.42 Å². The molecule has 0 aliphatic carbocycles. The second kappa shape index (κ2) is 7.07. The van der Waals surface area contributed by atoms with Gasteiger partial charge in [-0.05, 0) is 43.4 Å². The van der Waals surface area contributed by atoms with Gasteiger partial charge in [-0.3, -0.25) is 0 Å². The van der Waals surface area contributed by atoms with Crippen molar-refractivity contribution >= 4 is 0 Å². The summed E-state index contributed by atoms with van der Waals surface area (Å²) in [5.41, 5.74) is 7.31. The number of rotatable bonds is 7. The van der Waals surface area contributed by atoms with Crippen LogP contribution in [-0.4, -0.2) is 13.2 Å². The zero-order chi connectivity index (χ0) is 11.8. The van der Waals surface area contributed by atoms with Gasteiger partial charge in [0.15, 0.2) is 0 Å². The molecular weight excluding hydrogens is 198 g/mol. The Morgan fingerprint density at radius 2 is 2.00 bits per heavy atom. The van der Waals surface area contributed by atoms with Gasteiger partial charge in [-0.15, -0.1) is 6.58 Å². The van der Waals surface area contributed by atoms with E-state index in [-0.39, 0.29) is 6.04 Å². The lowest BCUT2D eigenvalue weighted by Crippen LogP contribution is -2.20. The molecule has 1 atom stereocenters. The number of hydrogen-bond donors (Lipinski definition) is 1. The highest BCUT2D eigenvalue weighted by Gasteiger charge is 2.02. The molecule has 16 heavy (non-hydrogen) atoms. The van der Waals surface area contributed by atoms with E-state index in [1.54, 1.807) is 7.11 Å². The smallest absolute Gasteiger partial charge is 0.118 e. The van der Waals surface area contributed by atoms with E-state index in [0.29, 0.717) is 0 Å². The third-order valence-corrected chi connectivity index (χ3v) is 2.70. The monoisotopic (exact) mass is 219 g/mol. The Labute approximate surface area is 98.1 Å². The summed E-state index contributed by atoms with van der Waals surface area (Å²) in [4.78, 5) is 0. The van der Waals surface area contributed by atoms with Gasteiger partial charge in [0.2, 0.25) is 0 Å². The van der Waals surface area contributed by atoms with E-state index in [2.05, 4.69) is 18.7 Å². The van der Waals surface area contributed by atoms with Gasteiger partial charge >= 0.3 is 0 Å². The molecule has 1 aromatic carbocycles. The van der Waals surface area contributed by atoms with Gasteiger partial charge in [0.25, 0.3) is 0 Å². The standard InChI is InChI=1S/C14H21NO/c1-3-4-5-13(15)9-6-12-7-10-14(16-2)11-8-12/h3,7-8,10-11,13H,1,4-6,9,15H2,2H3. The number of nitrogens with two attached hydrogens (primary N) is 1. The van der Waals surface area contributed by atoms with Crippen LogP contribution in [0.2, 0.25) is 0 Å². The van der Waals surface area contributed by atoms with Crippen molar-refractivity contribution < 1.29 is 4.74 Å². The van der Waals surface area contributed by atoms with Gasteiger partial charge in [-0.25, -0.2) is 0 Å². The molecule has 0 amide bonds. The molecule has 1 rings (SSSR count). The van der Waals surface area contributed by atoms with E-state index >= 15 is 0 Å². The molecule has 0 radical (unpaired) electrons. The highest BCUT2D eigenvalue weighted by molar-refractivity contribution is 5.27. The molecule has 2 N–H and O–H groups in total. The first kappa shape index (κ1) is 12.8. The van der Waals surface area contributed by atoms with Gasteiger partial charge in [0, 0.05) is 6.04 Å². The topological polar surface area (TPSA) is 35.2 Å². The SMILES string of the molecule is C=CCCC(N)CCc1ccc(OC)cc1. The lowest BCUT2D eigenvalue weighted by atomic mass is 10.0. The molecule has 1 unspecified atom stereocenters. The van der Waals surface area contributed by atoms with Crippen molar-refractivity contribution in [2.45, 2.75) is 31.7 Å². The number of benzene rings is 1. The van der Waals surface area contributed by atoms with Crippen LogP contribution in [0.3, 0.4) is 0 Å². The number of hydrogen-bond acceptors (Lipinski definition) is 2. The van der Waals surface area contributed by atoms with Crippen molar-refractivity contribution in [3.05, 3.63) is 42.5 Å². The van der Waals surface area contributed by atoms with Crippen molar-refractivity contribution in [3.63, 3.8) is 0 Å². The van der Waals surface area contributed by atoms with E-state index in [9.17, 15) is 0 Å². The third-order valence-electron chi connectivity index (χ3n) is 2.70. The first-order valence-corrected chi connectivity index (χ1v) is 5.75. The normalized spacial score (nSPS) is 12.1. The fourth-order valence-electron chi connectivity index (χ4n) is 1.62. The summed E-state index contributed by atoms with van der Waals surface area (Å²) >= 11 is 0. The minimum absolute atomic E-state index is 0.278. The molecule has 0 saturated carbocycles. The molecular formula is C14H21NO. The van der Waals surface area contributed by atoms with E-state index in [0.717, 1.165) is 31.4 Å². The molecule has 0 saturated heterocycles. The Kier molecular flexibility index (Phi) is 5.65. The summed E-state index contributed by atoms with van der Waals surface area (Å²) < 4.78 is 5.11. The second-order valence-electron chi connectivity index (χ2n) is 4.01. The highest BCUT2D eigenvalue weighted by atomic mass is 16.5. The van der Waals surface area contributed by atoms with Crippen LogP contribution in [0.1, 0.15) is 24.8 Å². The van der Waals surface area contributed by atoms with Crippen LogP contribution >= 0.6 is 0 Å². The fourth-order valence-corrected chi connectivity index (χ4v) is 1.62. The summed E-state index contributed by atoms with van der Waals surface area (Å²) in [5, 5.41) is 0. The quantitative estimate of drug-likeness (QED) is 0.716. The van der Waals surface area contributed by atoms with Crippen molar-refractivity contribution in [2.75, 3.05) is 7.11 Å². The number of methoxy groups -OCH3 is 1. The third kappa shape index (κ3) is 4.49. The Hall–Kier alpha value is -1.28. The zero-order valence-corrected chi connectivity index (χ0v) is 9.99. The Balaban J connectivity index is 2.33. The largest absolute Gasteiger partial charge is 0.497 e. The van der Waals surface area contributed by atoms with Gasteiger partial charge in [0.1, 0.15) is 5.75 Å². The number of allylic oxidation sites excluding steroid dienone is 1. The number of ether oxygens (including phenoxy) is 1. The molecule has 0 aliphatic heterocycles. The Morgan fingerprint density at radius 1 is 1.31 bits per heavy atom. The van der Waals surface area contributed by atoms with E-state index < -0.39 is 0 Å². The lowest BCUT2D eigenvalue weighted by molar-refractivity contribution is 0.414. The van der Waals surface area contributed by atoms with Crippen LogP contribution in [0.5, 0.6) is 5.75 Å².